The summed E-state index contributed by atoms with van der Waals surface area (Å²) < 4.78 is 29.1. The summed E-state index contributed by atoms with van der Waals surface area (Å²) in [5, 5.41) is 0.0318. The topological polar surface area (TPSA) is 9.23 Å². The average Bonchev–Trinajstić information content (AvgIpc) is 2.03. The van der Waals surface area contributed by atoms with E-state index in [0.29, 0.717) is 5.75 Å². The highest BCUT2D eigenvalue weighted by Gasteiger charge is 2.11. The summed E-state index contributed by atoms with van der Waals surface area (Å²) in [6.07, 6.45) is -2.54. The van der Waals surface area contributed by atoms with Crippen molar-refractivity contribution >= 4 is 11.6 Å². The normalized spacial score (nSPS) is 10.4. The van der Waals surface area contributed by atoms with Crippen molar-refractivity contribution in [1.82, 2.24) is 0 Å². The molecular weight excluding hydrogens is 186 g/mol. The lowest BCUT2D eigenvalue weighted by molar-refractivity contribution is 0.151. The van der Waals surface area contributed by atoms with Crippen LogP contribution in [0, 0.1) is 0 Å². The van der Waals surface area contributed by atoms with Gasteiger partial charge in [0, 0.05) is 5.56 Å². The molecule has 0 N–H and O–H groups in total. The van der Waals surface area contributed by atoms with Crippen molar-refractivity contribution in [2.75, 3.05) is 7.11 Å². The maximum Gasteiger partial charge on any atom is 0.265 e. The minimum atomic E-state index is -2.54. The number of methoxy groups -OCH3 is 1. The van der Waals surface area contributed by atoms with Crippen LogP contribution in [0.5, 0.6) is 5.75 Å². The predicted molar refractivity (Wildman–Crippen MR) is 43.0 cm³/mol. The third-order valence-electron chi connectivity index (χ3n) is 1.44. The van der Waals surface area contributed by atoms with E-state index in [4.69, 9.17) is 16.3 Å². The maximum absolute atomic E-state index is 12.1. The Morgan fingerprint density at radius 1 is 1.42 bits per heavy atom. The fourth-order valence-electron chi connectivity index (χ4n) is 0.812. The molecule has 12 heavy (non-hydrogen) atoms. The lowest BCUT2D eigenvalue weighted by Crippen LogP contribution is -1.88. The van der Waals surface area contributed by atoms with Crippen molar-refractivity contribution in [3.8, 4) is 5.75 Å². The Hall–Kier alpha value is -0.830. The molecular formula is C8H7ClF2O. The summed E-state index contributed by atoms with van der Waals surface area (Å²) >= 11 is 5.54. The molecule has 1 aromatic carbocycles. The number of hydrogen-bond acceptors (Lipinski definition) is 1. The molecule has 0 fully saturated rings. The zero-order chi connectivity index (χ0) is 9.14. The SMILES string of the molecule is COc1ccc(C(F)F)c(Cl)c1. The van der Waals surface area contributed by atoms with E-state index in [0.717, 1.165) is 0 Å². The summed E-state index contributed by atoms with van der Waals surface area (Å²) in [7, 11) is 1.45. The van der Waals surface area contributed by atoms with Gasteiger partial charge in [0.15, 0.2) is 0 Å². The Bertz CT molecular complexity index is 276. The fourth-order valence-corrected chi connectivity index (χ4v) is 1.06. The minimum Gasteiger partial charge on any atom is -0.497 e. The van der Waals surface area contributed by atoms with Crippen molar-refractivity contribution in [2.45, 2.75) is 6.43 Å². The second-order valence-corrected chi connectivity index (χ2v) is 2.60. The Morgan fingerprint density at radius 2 is 2.08 bits per heavy atom. The van der Waals surface area contributed by atoms with Gasteiger partial charge in [-0.3, -0.25) is 0 Å². The predicted octanol–water partition coefficient (Wildman–Crippen LogP) is 3.29. The number of rotatable bonds is 2. The molecule has 0 heterocycles. The van der Waals surface area contributed by atoms with Crippen LogP contribution < -0.4 is 4.74 Å². The van der Waals surface area contributed by atoms with E-state index in [2.05, 4.69) is 0 Å². The first-order valence-corrected chi connectivity index (χ1v) is 3.64. The Morgan fingerprint density at radius 3 is 2.50 bits per heavy atom. The fraction of sp³-hybridized carbons (Fsp3) is 0.250. The molecule has 4 heteroatoms. The van der Waals surface area contributed by atoms with Gasteiger partial charge in [-0.05, 0) is 18.2 Å². The first-order chi connectivity index (χ1) is 5.65. The van der Waals surface area contributed by atoms with Gasteiger partial charge in [0.05, 0.1) is 12.1 Å². The Labute approximate surface area is 73.9 Å². The highest BCUT2D eigenvalue weighted by molar-refractivity contribution is 6.31. The van der Waals surface area contributed by atoms with Crippen molar-refractivity contribution in [2.24, 2.45) is 0 Å². The van der Waals surface area contributed by atoms with Gasteiger partial charge >= 0.3 is 0 Å². The third kappa shape index (κ3) is 1.85. The van der Waals surface area contributed by atoms with Crippen molar-refractivity contribution < 1.29 is 13.5 Å². The van der Waals surface area contributed by atoms with Crippen molar-refractivity contribution in [3.63, 3.8) is 0 Å². The van der Waals surface area contributed by atoms with Gasteiger partial charge in [-0.25, -0.2) is 8.78 Å². The molecule has 0 amide bonds. The molecule has 66 valence electrons. The lowest BCUT2D eigenvalue weighted by Gasteiger charge is -2.04. The molecule has 0 saturated heterocycles. The molecule has 0 atom stereocenters. The highest BCUT2D eigenvalue weighted by atomic mass is 35.5. The zero-order valence-corrected chi connectivity index (χ0v) is 7.11. The van der Waals surface area contributed by atoms with E-state index in [-0.39, 0.29) is 10.6 Å². The van der Waals surface area contributed by atoms with Crippen LogP contribution in [0.1, 0.15) is 12.0 Å². The Kier molecular flexibility index (Phi) is 2.87. The lowest BCUT2D eigenvalue weighted by atomic mass is 10.2. The quantitative estimate of drug-likeness (QED) is 0.699. The van der Waals surface area contributed by atoms with Crippen LogP contribution in [0.15, 0.2) is 18.2 Å². The van der Waals surface area contributed by atoms with E-state index < -0.39 is 6.43 Å². The second kappa shape index (κ2) is 3.72. The summed E-state index contributed by atoms with van der Waals surface area (Å²) in [5.74, 6) is 0.476. The number of halogens is 3. The number of benzene rings is 1. The molecule has 1 aromatic rings. The summed E-state index contributed by atoms with van der Waals surface area (Å²) in [6, 6.07) is 4.07. The van der Waals surface area contributed by atoms with E-state index in [1.165, 1.54) is 25.3 Å². The van der Waals surface area contributed by atoms with Gasteiger partial charge in [-0.1, -0.05) is 11.6 Å². The maximum atomic E-state index is 12.1. The molecule has 1 rings (SSSR count). The van der Waals surface area contributed by atoms with E-state index in [1.54, 1.807) is 0 Å². The molecule has 0 aliphatic carbocycles. The molecule has 0 radical (unpaired) electrons. The first kappa shape index (κ1) is 9.26. The second-order valence-electron chi connectivity index (χ2n) is 2.19. The molecule has 0 unspecified atom stereocenters. The Balaban J connectivity index is 3.03. The summed E-state index contributed by atoms with van der Waals surface area (Å²) in [4.78, 5) is 0. The number of ether oxygens (including phenoxy) is 1. The zero-order valence-electron chi connectivity index (χ0n) is 6.35. The van der Waals surface area contributed by atoms with Crippen LogP contribution in [0.4, 0.5) is 8.78 Å². The van der Waals surface area contributed by atoms with Crippen molar-refractivity contribution in [1.29, 1.82) is 0 Å². The van der Waals surface area contributed by atoms with Gasteiger partial charge in [-0.2, -0.15) is 0 Å². The van der Waals surface area contributed by atoms with E-state index in [9.17, 15) is 8.78 Å². The molecule has 0 aliphatic rings. The summed E-state index contributed by atoms with van der Waals surface area (Å²) in [6.45, 7) is 0. The van der Waals surface area contributed by atoms with Gasteiger partial charge in [0.1, 0.15) is 5.75 Å². The van der Waals surface area contributed by atoms with Gasteiger partial charge in [-0.15, -0.1) is 0 Å². The number of alkyl halides is 2. The molecule has 0 aromatic heterocycles. The third-order valence-corrected chi connectivity index (χ3v) is 1.77. The van der Waals surface area contributed by atoms with Gasteiger partial charge < -0.3 is 4.74 Å². The van der Waals surface area contributed by atoms with E-state index in [1.807, 2.05) is 0 Å². The van der Waals surface area contributed by atoms with Gasteiger partial charge in [0.25, 0.3) is 6.43 Å². The van der Waals surface area contributed by atoms with Crippen LogP contribution >= 0.6 is 11.6 Å². The van der Waals surface area contributed by atoms with Crippen molar-refractivity contribution in [3.05, 3.63) is 28.8 Å². The molecule has 0 bridgehead atoms. The van der Waals surface area contributed by atoms with Gasteiger partial charge in [0.2, 0.25) is 0 Å². The average molecular weight is 193 g/mol. The van der Waals surface area contributed by atoms with Crippen LogP contribution in [-0.2, 0) is 0 Å². The molecule has 1 nitrogen and oxygen atoms in total. The van der Waals surface area contributed by atoms with Crippen LogP contribution in [-0.4, -0.2) is 7.11 Å². The molecule has 0 aliphatic heterocycles. The molecule has 0 spiro atoms. The first-order valence-electron chi connectivity index (χ1n) is 3.26. The monoisotopic (exact) mass is 192 g/mol. The number of hydrogen-bond donors (Lipinski definition) is 0. The van der Waals surface area contributed by atoms with E-state index >= 15 is 0 Å². The summed E-state index contributed by atoms with van der Waals surface area (Å²) in [5.41, 5.74) is -0.169. The van der Waals surface area contributed by atoms with Crippen LogP contribution in [0.3, 0.4) is 0 Å². The standard InChI is InChI=1S/C8H7ClF2O/c1-12-5-2-3-6(8(10)11)7(9)4-5/h2-4,8H,1H3. The van der Waals surface area contributed by atoms with Crippen LogP contribution in [0.25, 0.3) is 0 Å². The molecule has 0 saturated carbocycles. The largest absolute Gasteiger partial charge is 0.497 e. The van der Waals surface area contributed by atoms with Crippen LogP contribution in [0.2, 0.25) is 5.02 Å². The smallest absolute Gasteiger partial charge is 0.265 e. The highest BCUT2D eigenvalue weighted by Crippen LogP contribution is 2.29. The minimum absolute atomic E-state index is 0.0318.